The second kappa shape index (κ2) is 8.53. The SMILES string of the molecule is CCCCNC(=O)NCc1ccc(CCN)cc1. The molecule has 1 rings (SSSR count). The van der Waals surface area contributed by atoms with Crippen molar-refractivity contribution in [3.63, 3.8) is 0 Å². The summed E-state index contributed by atoms with van der Waals surface area (Å²) < 4.78 is 0. The Morgan fingerprint density at radius 2 is 1.83 bits per heavy atom. The van der Waals surface area contributed by atoms with Gasteiger partial charge < -0.3 is 16.4 Å². The average Bonchev–Trinajstić information content (AvgIpc) is 2.39. The highest BCUT2D eigenvalue weighted by atomic mass is 16.2. The zero-order chi connectivity index (χ0) is 13.2. The summed E-state index contributed by atoms with van der Waals surface area (Å²) in [7, 11) is 0. The topological polar surface area (TPSA) is 67.2 Å². The molecule has 4 N–H and O–H groups in total. The quantitative estimate of drug-likeness (QED) is 0.645. The van der Waals surface area contributed by atoms with Crippen LogP contribution in [0.25, 0.3) is 0 Å². The zero-order valence-corrected chi connectivity index (χ0v) is 11.0. The van der Waals surface area contributed by atoms with Crippen molar-refractivity contribution in [2.24, 2.45) is 5.73 Å². The maximum atomic E-state index is 11.4. The molecule has 0 aliphatic carbocycles. The molecule has 1 aromatic carbocycles. The Morgan fingerprint density at radius 3 is 2.44 bits per heavy atom. The van der Waals surface area contributed by atoms with E-state index in [2.05, 4.69) is 29.7 Å². The van der Waals surface area contributed by atoms with Crippen LogP contribution in [0.3, 0.4) is 0 Å². The third kappa shape index (κ3) is 5.68. The van der Waals surface area contributed by atoms with Crippen LogP contribution in [0.2, 0.25) is 0 Å². The highest BCUT2D eigenvalue weighted by Crippen LogP contribution is 2.04. The fraction of sp³-hybridized carbons (Fsp3) is 0.500. The van der Waals surface area contributed by atoms with Crippen molar-refractivity contribution in [1.82, 2.24) is 10.6 Å². The molecule has 1 aromatic rings. The summed E-state index contributed by atoms with van der Waals surface area (Å²) in [5.41, 5.74) is 7.82. The van der Waals surface area contributed by atoms with Crippen LogP contribution in [-0.2, 0) is 13.0 Å². The number of urea groups is 1. The number of rotatable bonds is 7. The minimum absolute atomic E-state index is 0.102. The van der Waals surface area contributed by atoms with Crippen LogP contribution in [0, 0.1) is 0 Å². The average molecular weight is 249 g/mol. The van der Waals surface area contributed by atoms with Crippen LogP contribution >= 0.6 is 0 Å². The lowest BCUT2D eigenvalue weighted by Crippen LogP contribution is -2.35. The zero-order valence-electron chi connectivity index (χ0n) is 11.0. The molecule has 100 valence electrons. The molecule has 0 saturated heterocycles. The van der Waals surface area contributed by atoms with Crippen LogP contribution in [0.4, 0.5) is 4.79 Å². The van der Waals surface area contributed by atoms with E-state index in [1.807, 2.05) is 12.1 Å². The highest BCUT2D eigenvalue weighted by molar-refractivity contribution is 5.73. The lowest BCUT2D eigenvalue weighted by atomic mass is 10.1. The van der Waals surface area contributed by atoms with Gasteiger partial charge in [-0.1, -0.05) is 37.6 Å². The van der Waals surface area contributed by atoms with Gasteiger partial charge in [-0.15, -0.1) is 0 Å². The number of benzene rings is 1. The van der Waals surface area contributed by atoms with Gasteiger partial charge in [-0.3, -0.25) is 0 Å². The van der Waals surface area contributed by atoms with E-state index in [4.69, 9.17) is 5.73 Å². The van der Waals surface area contributed by atoms with Gasteiger partial charge >= 0.3 is 6.03 Å². The lowest BCUT2D eigenvalue weighted by molar-refractivity contribution is 0.240. The van der Waals surface area contributed by atoms with Crippen molar-refractivity contribution in [3.8, 4) is 0 Å². The lowest BCUT2D eigenvalue weighted by Gasteiger charge is -2.07. The molecule has 0 unspecified atom stereocenters. The summed E-state index contributed by atoms with van der Waals surface area (Å²) >= 11 is 0. The van der Waals surface area contributed by atoms with Crippen LogP contribution in [-0.4, -0.2) is 19.1 Å². The normalized spacial score (nSPS) is 10.1. The van der Waals surface area contributed by atoms with E-state index in [0.29, 0.717) is 13.1 Å². The van der Waals surface area contributed by atoms with E-state index in [-0.39, 0.29) is 6.03 Å². The maximum Gasteiger partial charge on any atom is 0.315 e. The van der Waals surface area contributed by atoms with Gasteiger partial charge in [0.2, 0.25) is 0 Å². The Balaban J connectivity index is 2.27. The van der Waals surface area contributed by atoms with E-state index in [0.717, 1.165) is 31.4 Å². The van der Waals surface area contributed by atoms with Crippen LogP contribution < -0.4 is 16.4 Å². The van der Waals surface area contributed by atoms with Crippen molar-refractivity contribution in [2.45, 2.75) is 32.7 Å². The van der Waals surface area contributed by atoms with E-state index >= 15 is 0 Å². The smallest absolute Gasteiger partial charge is 0.315 e. The van der Waals surface area contributed by atoms with Crippen LogP contribution in [0.15, 0.2) is 24.3 Å². The Hall–Kier alpha value is -1.55. The largest absolute Gasteiger partial charge is 0.338 e. The number of hydrogen-bond donors (Lipinski definition) is 3. The summed E-state index contributed by atoms with van der Waals surface area (Å²) in [6, 6.07) is 8.06. The van der Waals surface area contributed by atoms with Crippen LogP contribution in [0.5, 0.6) is 0 Å². The summed E-state index contributed by atoms with van der Waals surface area (Å²) in [5, 5.41) is 5.65. The first-order valence-corrected chi connectivity index (χ1v) is 6.56. The number of amides is 2. The predicted octanol–water partition coefficient (Wildman–Crippen LogP) is 1.79. The third-order valence-corrected chi connectivity index (χ3v) is 2.72. The Labute approximate surface area is 109 Å². The first-order chi connectivity index (χ1) is 8.76. The Kier molecular flexibility index (Phi) is 6.87. The Morgan fingerprint density at radius 1 is 1.17 bits per heavy atom. The van der Waals surface area contributed by atoms with Gasteiger partial charge in [-0.2, -0.15) is 0 Å². The first-order valence-electron chi connectivity index (χ1n) is 6.56. The molecule has 0 heterocycles. The first kappa shape index (κ1) is 14.5. The van der Waals surface area contributed by atoms with Gasteiger partial charge in [0.05, 0.1) is 0 Å². The summed E-state index contributed by atoms with van der Waals surface area (Å²) in [6.45, 7) is 4.05. The number of carbonyl (C=O) groups excluding carboxylic acids is 1. The third-order valence-electron chi connectivity index (χ3n) is 2.72. The number of nitrogens with two attached hydrogens (primary N) is 1. The summed E-state index contributed by atoms with van der Waals surface area (Å²) in [5.74, 6) is 0. The van der Waals surface area contributed by atoms with Gasteiger partial charge in [0.15, 0.2) is 0 Å². The predicted molar refractivity (Wildman–Crippen MR) is 74.3 cm³/mol. The molecule has 0 aromatic heterocycles. The van der Waals surface area contributed by atoms with E-state index in [1.54, 1.807) is 0 Å². The minimum Gasteiger partial charge on any atom is -0.338 e. The number of nitrogens with one attached hydrogen (secondary N) is 2. The Bertz CT molecular complexity index is 349. The van der Waals surface area contributed by atoms with Crippen molar-refractivity contribution < 1.29 is 4.79 Å². The van der Waals surface area contributed by atoms with E-state index in [1.165, 1.54) is 5.56 Å². The van der Waals surface area contributed by atoms with Crippen LogP contribution in [0.1, 0.15) is 30.9 Å². The molecule has 2 amide bonds. The van der Waals surface area contributed by atoms with Gasteiger partial charge in [0.1, 0.15) is 0 Å². The molecular weight excluding hydrogens is 226 g/mol. The molecule has 0 spiro atoms. The molecule has 0 fully saturated rings. The maximum absolute atomic E-state index is 11.4. The van der Waals surface area contributed by atoms with Crippen molar-refractivity contribution in [2.75, 3.05) is 13.1 Å². The van der Waals surface area contributed by atoms with E-state index in [9.17, 15) is 4.79 Å². The molecular formula is C14H23N3O. The van der Waals surface area contributed by atoms with Crippen molar-refractivity contribution in [3.05, 3.63) is 35.4 Å². The fourth-order valence-electron chi connectivity index (χ4n) is 1.61. The summed E-state index contributed by atoms with van der Waals surface area (Å²) in [4.78, 5) is 11.4. The molecule has 4 nitrogen and oxygen atoms in total. The molecule has 0 aliphatic rings. The second-order valence-corrected chi connectivity index (χ2v) is 4.32. The monoisotopic (exact) mass is 249 g/mol. The van der Waals surface area contributed by atoms with Gasteiger partial charge in [0.25, 0.3) is 0 Å². The van der Waals surface area contributed by atoms with E-state index < -0.39 is 0 Å². The van der Waals surface area contributed by atoms with Crippen molar-refractivity contribution in [1.29, 1.82) is 0 Å². The molecule has 0 atom stereocenters. The van der Waals surface area contributed by atoms with Crippen molar-refractivity contribution >= 4 is 6.03 Å². The molecule has 18 heavy (non-hydrogen) atoms. The molecule has 0 radical (unpaired) electrons. The molecule has 0 bridgehead atoms. The summed E-state index contributed by atoms with van der Waals surface area (Å²) in [6.07, 6.45) is 3.00. The van der Waals surface area contributed by atoms with Gasteiger partial charge in [0, 0.05) is 13.1 Å². The number of unbranched alkanes of at least 4 members (excludes halogenated alkanes) is 1. The standard InChI is InChI=1S/C14H23N3O/c1-2-3-10-16-14(18)17-11-13-6-4-12(5-7-13)8-9-15/h4-7H,2-3,8-11,15H2,1H3,(H2,16,17,18). The molecule has 4 heteroatoms. The van der Waals surface area contributed by atoms with Gasteiger partial charge in [-0.05, 0) is 30.5 Å². The fourth-order valence-corrected chi connectivity index (χ4v) is 1.61. The number of carbonyl (C=O) groups is 1. The van der Waals surface area contributed by atoms with Gasteiger partial charge in [-0.25, -0.2) is 4.79 Å². The number of hydrogen-bond acceptors (Lipinski definition) is 2. The molecule has 0 aliphatic heterocycles. The highest BCUT2D eigenvalue weighted by Gasteiger charge is 1.99. The molecule has 0 saturated carbocycles. The second-order valence-electron chi connectivity index (χ2n) is 4.32. The minimum atomic E-state index is -0.102.